The zero-order chi connectivity index (χ0) is 12.3. The molecule has 2 unspecified atom stereocenters. The van der Waals surface area contributed by atoms with Crippen LogP contribution in [0.5, 0.6) is 0 Å². The van der Waals surface area contributed by atoms with Crippen LogP contribution in [0.25, 0.3) is 0 Å². The molecule has 0 spiro atoms. The number of pyridine rings is 1. The maximum absolute atomic E-state index is 11.9. The second kappa shape index (κ2) is 5.14. The normalized spacial score (nSPS) is 24.3. The third kappa shape index (κ3) is 2.94. The molecule has 1 saturated heterocycles. The Morgan fingerprint density at radius 1 is 1.65 bits per heavy atom. The largest absolute Gasteiger partial charge is 0.397 e. The SMILES string of the molecule is CC1CC(NC(=O)c2ncccc2N)CCO1. The van der Waals surface area contributed by atoms with Gasteiger partial charge >= 0.3 is 0 Å². The summed E-state index contributed by atoms with van der Waals surface area (Å²) < 4.78 is 5.43. The highest BCUT2D eigenvalue weighted by Crippen LogP contribution is 2.14. The van der Waals surface area contributed by atoms with Gasteiger partial charge in [0.1, 0.15) is 0 Å². The van der Waals surface area contributed by atoms with Crippen LogP contribution in [-0.2, 0) is 4.74 Å². The highest BCUT2D eigenvalue weighted by molar-refractivity contribution is 5.97. The summed E-state index contributed by atoms with van der Waals surface area (Å²) in [4.78, 5) is 15.9. The van der Waals surface area contributed by atoms with E-state index in [4.69, 9.17) is 10.5 Å². The monoisotopic (exact) mass is 235 g/mol. The molecule has 2 atom stereocenters. The van der Waals surface area contributed by atoms with Gasteiger partial charge in [-0.1, -0.05) is 0 Å². The van der Waals surface area contributed by atoms with E-state index in [0.717, 1.165) is 12.8 Å². The van der Waals surface area contributed by atoms with Crippen molar-refractivity contribution in [2.45, 2.75) is 31.9 Å². The van der Waals surface area contributed by atoms with Crippen LogP contribution >= 0.6 is 0 Å². The van der Waals surface area contributed by atoms with E-state index in [1.807, 2.05) is 6.92 Å². The number of amides is 1. The number of ether oxygens (including phenoxy) is 1. The Morgan fingerprint density at radius 2 is 2.47 bits per heavy atom. The van der Waals surface area contributed by atoms with E-state index >= 15 is 0 Å². The number of aromatic nitrogens is 1. The smallest absolute Gasteiger partial charge is 0.272 e. The molecule has 0 saturated carbocycles. The van der Waals surface area contributed by atoms with Crippen molar-refractivity contribution >= 4 is 11.6 Å². The number of carbonyl (C=O) groups excluding carboxylic acids is 1. The first-order valence-electron chi connectivity index (χ1n) is 5.80. The van der Waals surface area contributed by atoms with Crippen LogP contribution in [0.15, 0.2) is 18.3 Å². The Hall–Kier alpha value is -1.62. The summed E-state index contributed by atoms with van der Waals surface area (Å²) >= 11 is 0. The van der Waals surface area contributed by atoms with Gasteiger partial charge in [0.25, 0.3) is 5.91 Å². The molecule has 0 aliphatic carbocycles. The summed E-state index contributed by atoms with van der Waals surface area (Å²) in [6, 6.07) is 3.53. The molecule has 1 fully saturated rings. The number of carbonyl (C=O) groups is 1. The second-order valence-corrected chi connectivity index (χ2v) is 4.32. The fraction of sp³-hybridized carbons (Fsp3) is 0.500. The number of nitrogens with zero attached hydrogens (tertiary/aromatic N) is 1. The molecule has 1 aromatic rings. The van der Waals surface area contributed by atoms with Gasteiger partial charge in [0.15, 0.2) is 5.69 Å². The van der Waals surface area contributed by atoms with Crippen LogP contribution in [0.3, 0.4) is 0 Å². The van der Waals surface area contributed by atoms with E-state index in [1.54, 1.807) is 18.3 Å². The molecule has 1 aliphatic rings. The van der Waals surface area contributed by atoms with Gasteiger partial charge in [0.2, 0.25) is 0 Å². The number of rotatable bonds is 2. The Bertz CT molecular complexity index is 408. The lowest BCUT2D eigenvalue weighted by Crippen LogP contribution is -2.41. The first-order valence-corrected chi connectivity index (χ1v) is 5.80. The number of nitrogens with two attached hydrogens (primary N) is 1. The van der Waals surface area contributed by atoms with Gasteiger partial charge in [-0.25, -0.2) is 4.98 Å². The van der Waals surface area contributed by atoms with Gasteiger partial charge < -0.3 is 15.8 Å². The molecule has 0 aromatic carbocycles. The Labute approximate surface area is 100 Å². The van der Waals surface area contributed by atoms with Crippen molar-refractivity contribution in [1.29, 1.82) is 0 Å². The third-order valence-corrected chi connectivity index (χ3v) is 2.87. The van der Waals surface area contributed by atoms with E-state index in [0.29, 0.717) is 18.0 Å². The minimum Gasteiger partial charge on any atom is -0.397 e. The van der Waals surface area contributed by atoms with E-state index in [2.05, 4.69) is 10.3 Å². The molecule has 1 aromatic heterocycles. The van der Waals surface area contributed by atoms with E-state index in [9.17, 15) is 4.79 Å². The van der Waals surface area contributed by atoms with Gasteiger partial charge in [-0.15, -0.1) is 0 Å². The highest BCUT2D eigenvalue weighted by atomic mass is 16.5. The molecule has 3 N–H and O–H groups in total. The summed E-state index contributed by atoms with van der Waals surface area (Å²) in [7, 11) is 0. The Kier molecular flexibility index (Phi) is 3.58. The summed E-state index contributed by atoms with van der Waals surface area (Å²) in [6.07, 6.45) is 3.43. The van der Waals surface area contributed by atoms with Gasteiger partial charge in [-0.05, 0) is 31.9 Å². The van der Waals surface area contributed by atoms with E-state index in [1.165, 1.54) is 0 Å². The summed E-state index contributed by atoms with van der Waals surface area (Å²) in [6.45, 7) is 2.69. The fourth-order valence-electron chi connectivity index (χ4n) is 1.99. The lowest BCUT2D eigenvalue weighted by Gasteiger charge is -2.27. The quantitative estimate of drug-likeness (QED) is 0.800. The first-order chi connectivity index (χ1) is 8.16. The van der Waals surface area contributed by atoms with Crippen molar-refractivity contribution in [3.8, 4) is 0 Å². The first kappa shape index (κ1) is 11.9. The molecular formula is C12H17N3O2. The lowest BCUT2D eigenvalue weighted by atomic mass is 10.0. The van der Waals surface area contributed by atoms with Crippen LogP contribution in [0.2, 0.25) is 0 Å². The predicted molar refractivity (Wildman–Crippen MR) is 64.6 cm³/mol. The minimum atomic E-state index is -0.206. The van der Waals surface area contributed by atoms with Crippen molar-refractivity contribution in [3.05, 3.63) is 24.0 Å². The van der Waals surface area contributed by atoms with Gasteiger partial charge in [-0.2, -0.15) is 0 Å². The maximum Gasteiger partial charge on any atom is 0.272 e. The van der Waals surface area contributed by atoms with E-state index < -0.39 is 0 Å². The van der Waals surface area contributed by atoms with Crippen LogP contribution in [0, 0.1) is 0 Å². The molecular weight excluding hydrogens is 218 g/mol. The van der Waals surface area contributed by atoms with Gasteiger partial charge in [0.05, 0.1) is 11.8 Å². The third-order valence-electron chi connectivity index (χ3n) is 2.87. The van der Waals surface area contributed by atoms with Crippen LogP contribution in [0.4, 0.5) is 5.69 Å². The van der Waals surface area contributed by atoms with Crippen LogP contribution < -0.4 is 11.1 Å². The lowest BCUT2D eigenvalue weighted by molar-refractivity contribution is 0.0136. The summed E-state index contributed by atoms with van der Waals surface area (Å²) in [5, 5.41) is 2.94. The average molecular weight is 235 g/mol. The molecule has 2 rings (SSSR count). The van der Waals surface area contributed by atoms with Crippen molar-refractivity contribution < 1.29 is 9.53 Å². The zero-order valence-corrected chi connectivity index (χ0v) is 9.85. The second-order valence-electron chi connectivity index (χ2n) is 4.32. The zero-order valence-electron chi connectivity index (χ0n) is 9.85. The molecule has 92 valence electrons. The molecule has 1 amide bonds. The molecule has 0 radical (unpaired) electrons. The van der Waals surface area contributed by atoms with Gasteiger partial charge in [0, 0.05) is 18.8 Å². The number of anilines is 1. The summed E-state index contributed by atoms with van der Waals surface area (Å²) in [5.41, 5.74) is 6.41. The molecule has 1 aliphatic heterocycles. The van der Waals surface area contributed by atoms with Crippen LogP contribution in [0.1, 0.15) is 30.3 Å². The maximum atomic E-state index is 11.9. The predicted octanol–water partition coefficient (Wildman–Crippen LogP) is 0.961. The molecule has 5 nitrogen and oxygen atoms in total. The van der Waals surface area contributed by atoms with Crippen molar-refractivity contribution in [3.63, 3.8) is 0 Å². The topological polar surface area (TPSA) is 77.2 Å². The molecule has 17 heavy (non-hydrogen) atoms. The summed E-state index contributed by atoms with van der Waals surface area (Å²) in [5.74, 6) is -0.206. The van der Waals surface area contributed by atoms with Gasteiger partial charge in [-0.3, -0.25) is 4.79 Å². The van der Waals surface area contributed by atoms with Crippen LogP contribution in [-0.4, -0.2) is 29.6 Å². The minimum absolute atomic E-state index is 0.146. The average Bonchev–Trinajstić information content (AvgIpc) is 2.29. The Morgan fingerprint density at radius 3 is 3.18 bits per heavy atom. The Balaban J connectivity index is 1.99. The fourth-order valence-corrected chi connectivity index (χ4v) is 1.99. The highest BCUT2D eigenvalue weighted by Gasteiger charge is 2.22. The molecule has 5 heteroatoms. The van der Waals surface area contributed by atoms with E-state index in [-0.39, 0.29) is 18.1 Å². The number of hydrogen-bond donors (Lipinski definition) is 2. The standard InChI is InChI=1S/C12H17N3O2/c1-8-7-9(4-6-17-8)15-12(16)11-10(13)3-2-5-14-11/h2-3,5,8-9H,4,6-7,13H2,1H3,(H,15,16). The molecule has 0 bridgehead atoms. The number of nitrogen functional groups attached to an aromatic ring is 1. The molecule has 2 heterocycles. The van der Waals surface area contributed by atoms with Crippen molar-refractivity contribution in [2.75, 3.05) is 12.3 Å². The van der Waals surface area contributed by atoms with Crippen molar-refractivity contribution in [1.82, 2.24) is 10.3 Å². The van der Waals surface area contributed by atoms with Crippen molar-refractivity contribution in [2.24, 2.45) is 0 Å². The number of nitrogens with one attached hydrogen (secondary N) is 1. The number of hydrogen-bond acceptors (Lipinski definition) is 4.